The Morgan fingerprint density at radius 1 is 1.15 bits per heavy atom. The van der Waals surface area contributed by atoms with E-state index >= 15 is 0 Å². The normalized spacial score (nSPS) is 16.1. The highest BCUT2D eigenvalue weighted by atomic mass is 35.5. The van der Waals surface area contributed by atoms with Crippen molar-refractivity contribution in [3.63, 3.8) is 0 Å². The van der Waals surface area contributed by atoms with E-state index in [-0.39, 0.29) is 22.0 Å². The van der Waals surface area contributed by atoms with Crippen LogP contribution in [0.25, 0.3) is 11.1 Å². The molecule has 2 aromatic rings. The van der Waals surface area contributed by atoms with Crippen molar-refractivity contribution in [2.75, 3.05) is 25.4 Å². The molecular weight excluding hydrogens is 484 g/mol. The van der Waals surface area contributed by atoms with Crippen molar-refractivity contribution in [2.45, 2.75) is 30.3 Å². The summed E-state index contributed by atoms with van der Waals surface area (Å²) >= 11 is 6.03. The number of aliphatic hydroxyl groups is 1. The fourth-order valence-electron chi connectivity index (χ4n) is 3.71. The molecule has 34 heavy (non-hydrogen) atoms. The minimum absolute atomic E-state index is 0.105. The summed E-state index contributed by atoms with van der Waals surface area (Å²) in [6.07, 6.45) is 1.42. The number of benzene rings is 2. The number of carboxylic acid groups (broad SMARTS) is 1. The van der Waals surface area contributed by atoms with Crippen molar-refractivity contribution < 1.29 is 33.0 Å². The molecule has 9 nitrogen and oxygen atoms in total. The number of imide groups is 1. The number of hydrogen-bond donors (Lipinski definition) is 2. The topological polar surface area (TPSA) is 132 Å². The molecule has 1 aliphatic rings. The molecule has 0 aromatic heterocycles. The molecule has 3 amide bonds. The van der Waals surface area contributed by atoms with Crippen LogP contribution in [0.3, 0.4) is 0 Å². The summed E-state index contributed by atoms with van der Waals surface area (Å²) in [7, 11) is -4.45. The smallest absolute Gasteiger partial charge is 0.338 e. The molecule has 1 unspecified atom stereocenters. The number of halogens is 1. The van der Waals surface area contributed by atoms with Crippen LogP contribution in [0.5, 0.6) is 0 Å². The molecule has 3 rings (SSSR count). The van der Waals surface area contributed by atoms with E-state index in [2.05, 4.69) is 0 Å². The van der Waals surface area contributed by atoms with Gasteiger partial charge in [-0.3, -0.25) is 9.69 Å². The maximum Gasteiger partial charge on any atom is 0.338 e. The molecular formula is C23H25ClN2O7S. The van der Waals surface area contributed by atoms with Gasteiger partial charge in [-0.05, 0) is 24.1 Å². The van der Waals surface area contributed by atoms with Crippen LogP contribution in [0.2, 0.25) is 5.02 Å². The van der Waals surface area contributed by atoms with Crippen LogP contribution in [0.1, 0.15) is 19.8 Å². The van der Waals surface area contributed by atoms with E-state index in [0.717, 1.165) is 6.42 Å². The van der Waals surface area contributed by atoms with Crippen molar-refractivity contribution in [1.82, 2.24) is 9.80 Å². The summed E-state index contributed by atoms with van der Waals surface area (Å²) in [5.74, 6) is -3.83. The monoisotopic (exact) mass is 508 g/mol. The standard InChI is InChI=1S/C23H25ClN2O7S/c1-2-3-11-25-13-20(27)26(22(25)30)14-23(31,21(28)29)15-34(32,33)19-12-17(24)9-10-18(19)16-7-5-4-6-8-16/h4-10,12,31H,2-3,11,13-15H2,1H3,(H,28,29). The molecule has 0 radical (unpaired) electrons. The van der Waals surface area contributed by atoms with Gasteiger partial charge in [0.1, 0.15) is 6.54 Å². The van der Waals surface area contributed by atoms with Crippen molar-refractivity contribution in [2.24, 2.45) is 0 Å². The van der Waals surface area contributed by atoms with Gasteiger partial charge in [0.25, 0.3) is 0 Å². The second-order valence-corrected chi connectivity index (χ2v) is 10.5. The van der Waals surface area contributed by atoms with Crippen molar-refractivity contribution in [1.29, 1.82) is 0 Å². The third-order valence-corrected chi connectivity index (χ3v) is 7.62. The van der Waals surface area contributed by atoms with Gasteiger partial charge in [0, 0.05) is 17.1 Å². The van der Waals surface area contributed by atoms with Crippen molar-refractivity contribution in [3.05, 3.63) is 53.6 Å². The molecule has 1 aliphatic heterocycles. The van der Waals surface area contributed by atoms with Crippen LogP contribution in [0, 0.1) is 0 Å². The Kier molecular flexibility index (Phi) is 7.64. The highest BCUT2D eigenvalue weighted by Crippen LogP contribution is 2.32. The number of rotatable bonds is 10. The maximum atomic E-state index is 13.4. The van der Waals surface area contributed by atoms with E-state index in [1.165, 1.54) is 23.1 Å². The first-order valence-electron chi connectivity index (χ1n) is 10.6. The lowest BCUT2D eigenvalue weighted by Crippen LogP contribution is -2.55. The van der Waals surface area contributed by atoms with Gasteiger partial charge in [-0.25, -0.2) is 18.0 Å². The van der Waals surface area contributed by atoms with Gasteiger partial charge >= 0.3 is 12.0 Å². The van der Waals surface area contributed by atoms with Gasteiger partial charge < -0.3 is 15.1 Å². The van der Waals surface area contributed by atoms with Gasteiger partial charge in [-0.1, -0.05) is 61.3 Å². The fraction of sp³-hybridized carbons (Fsp3) is 0.348. The maximum absolute atomic E-state index is 13.4. The minimum Gasteiger partial charge on any atom is -0.479 e. The lowest BCUT2D eigenvalue weighted by molar-refractivity contribution is -0.157. The Hall–Kier alpha value is -2.95. The molecule has 2 N–H and O–H groups in total. The van der Waals surface area contributed by atoms with Gasteiger partial charge in [0.05, 0.1) is 17.2 Å². The Morgan fingerprint density at radius 2 is 1.82 bits per heavy atom. The van der Waals surface area contributed by atoms with Crippen LogP contribution < -0.4 is 0 Å². The second-order valence-electron chi connectivity index (χ2n) is 8.14. The number of aliphatic carboxylic acids is 1. The summed E-state index contributed by atoms with van der Waals surface area (Å²) in [5, 5.41) is 20.7. The van der Waals surface area contributed by atoms with Crippen molar-refractivity contribution in [3.8, 4) is 11.1 Å². The van der Waals surface area contributed by atoms with Crippen LogP contribution >= 0.6 is 11.6 Å². The first-order chi connectivity index (χ1) is 16.0. The Bertz CT molecular complexity index is 1200. The molecule has 182 valence electrons. The number of hydrogen-bond acceptors (Lipinski definition) is 6. The lowest BCUT2D eigenvalue weighted by Gasteiger charge is -2.28. The van der Waals surface area contributed by atoms with Crippen LogP contribution in [0.4, 0.5) is 4.79 Å². The Labute approximate surface area is 202 Å². The second kappa shape index (κ2) is 10.1. The molecule has 0 saturated carbocycles. The van der Waals surface area contributed by atoms with Gasteiger partial charge in [0.2, 0.25) is 5.91 Å². The highest BCUT2D eigenvalue weighted by Gasteiger charge is 2.48. The first-order valence-corrected chi connectivity index (χ1v) is 12.6. The number of carbonyl (C=O) groups is 3. The summed E-state index contributed by atoms with van der Waals surface area (Å²) in [5.41, 5.74) is -2.11. The van der Waals surface area contributed by atoms with Gasteiger partial charge in [-0.15, -0.1) is 0 Å². The molecule has 1 fully saturated rings. The zero-order valence-electron chi connectivity index (χ0n) is 18.5. The highest BCUT2D eigenvalue weighted by molar-refractivity contribution is 7.91. The third kappa shape index (κ3) is 5.40. The van der Waals surface area contributed by atoms with E-state index in [1.807, 2.05) is 6.92 Å². The van der Waals surface area contributed by atoms with Gasteiger partial charge in [-0.2, -0.15) is 0 Å². The van der Waals surface area contributed by atoms with E-state index < -0.39 is 45.6 Å². The number of nitrogens with zero attached hydrogens (tertiary/aromatic N) is 2. The number of sulfone groups is 1. The summed E-state index contributed by atoms with van der Waals surface area (Å²) < 4.78 is 26.7. The molecule has 11 heteroatoms. The SMILES string of the molecule is CCCCN1CC(=O)N(CC(O)(CS(=O)(=O)c2cc(Cl)ccc2-c2ccccc2)C(=O)O)C1=O. The Morgan fingerprint density at radius 3 is 2.44 bits per heavy atom. The lowest BCUT2D eigenvalue weighted by atomic mass is 10.1. The number of urea groups is 1. The molecule has 0 spiro atoms. The average Bonchev–Trinajstić information content (AvgIpc) is 3.05. The number of carboxylic acids is 1. The van der Waals surface area contributed by atoms with Crippen LogP contribution in [-0.2, 0) is 19.4 Å². The third-order valence-electron chi connectivity index (χ3n) is 5.52. The average molecular weight is 509 g/mol. The molecule has 1 heterocycles. The van der Waals surface area contributed by atoms with Crippen LogP contribution in [-0.4, -0.2) is 77.3 Å². The quantitative estimate of drug-likeness (QED) is 0.471. The molecule has 0 bridgehead atoms. The zero-order chi connectivity index (χ0) is 25.1. The number of unbranched alkanes of at least 4 members (excludes halogenated alkanes) is 1. The van der Waals surface area contributed by atoms with Gasteiger partial charge in [0.15, 0.2) is 15.4 Å². The molecule has 1 atom stereocenters. The molecule has 0 aliphatic carbocycles. The predicted octanol–water partition coefficient (Wildman–Crippen LogP) is 2.66. The minimum atomic E-state index is -4.45. The van der Waals surface area contributed by atoms with Crippen LogP contribution in [0.15, 0.2) is 53.4 Å². The number of amides is 3. The molecule has 1 saturated heterocycles. The van der Waals surface area contributed by atoms with E-state index in [4.69, 9.17) is 11.6 Å². The first kappa shape index (κ1) is 25.7. The van der Waals surface area contributed by atoms with E-state index in [0.29, 0.717) is 23.4 Å². The van der Waals surface area contributed by atoms with E-state index in [9.17, 15) is 33.0 Å². The summed E-state index contributed by atoms with van der Waals surface area (Å²) in [6.45, 7) is 0.953. The zero-order valence-corrected chi connectivity index (χ0v) is 20.1. The number of carbonyl (C=O) groups excluding carboxylic acids is 2. The molecule has 2 aromatic carbocycles. The predicted molar refractivity (Wildman–Crippen MR) is 125 cm³/mol. The Balaban J connectivity index is 1.94. The number of β-amino-alcohol motifs (C(OH)–C–C–N with tert-alkyl or cyclic N) is 1. The largest absolute Gasteiger partial charge is 0.479 e. The summed E-state index contributed by atoms with van der Waals surface area (Å²) in [6, 6.07) is 11.9. The summed E-state index contributed by atoms with van der Waals surface area (Å²) in [4.78, 5) is 38.5. The fourth-order valence-corrected chi connectivity index (χ4v) is 5.77. The van der Waals surface area contributed by atoms with E-state index in [1.54, 1.807) is 30.3 Å². The van der Waals surface area contributed by atoms with Crippen molar-refractivity contribution >= 4 is 39.3 Å².